The van der Waals surface area contributed by atoms with E-state index in [0.29, 0.717) is 0 Å². The Morgan fingerprint density at radius 3 is 2.13 bits per heavy atom. The van der Waals surface area contributed by atoms with E-state index in [9.17, 15) is 10.1 Å². The monoisotopic (exact) mass is 209 g/mol. The first-order valence-corrected chi connectivity index (χ1v) is 4.92. The van der Waals surface area contributed by atoms with E-state index in [4.69, 9.17) is 0 Å². The van der Waals surface area contributed by atoms with Crippen molar-refractivity contribution >= 4 is 5.69 Å². The number of nitro groups is 1. The van der Waals surface area contributed by atoms with Crippen molar-refractivity contribution in [2.45, 2.75) is 6.42 Å². The van der Waals surface area contributed by atoms with Crippen LogP contribution in [0.5, 0.6) is 0 Å². The quantitative estimate of drug-likeness (QED) is 0.431. The topological polar surface area (TPSA) is 43.1 Å². The van der Waals surface area contributed by atoms with E-state index in [-0.39, 0.29) is 10.6 Å². The number of quaternary nitrogens is 1. The summed E-state index contributed by atoms with van der Waals surface area (Å²) in [7, 11) is 6.39. The maximum absolute atomic E-state index is 10.4. The number of nitrogens with zero attached hydrogens (tertiary/aromatic N) is 2. The Morgan fingerprint density at radius 1 is 1.20 bits per heavy atom. The van der Waals surface area contributed by atoms with Gasteiger partial charge in [0.1, 0.15) is 0 Å². The van der Waals surface area contributed by atoms with Crippen LogP contribution in [-0.2, 0) is 6.42 Å². The van der Waals surface area contributed by atoms with E-state index in [1.807, 2.05) is 12.1 Å². The average Bonchev–Trinajstić information content (AvgIpc) is 2.14. The van der Waals surface area contributed by atoms with Gasteiger partial charge in [-0.05, 0) is 5.56 Å². The molecule has 4 heteroatoms. The van der Waals surface area contributed by atoms with Crippen LogP contribution in [0.4, 0.5) is 5.69 Å². The van der Waals surface area contributed by atoms with Gasteiger partial charge in [0.15, 0.2) is 0 Å². The maximum Gasteiger partial charge on any atom is 0.269 e. The van der Waals surface area contributed by atoms with E-state index >= 15 is 0 Å². The van der Waals surface area contributed by atoms with Gasteiger partial charge in [-0.1, -0.05) is 12.1 Å². The van der Waals surface area contributed by atoms with Gasteiger partial charge in [0.05, 0.1) is 32.6 Å². The number of likely N-dealkylation sites (N-methyl/N-ethyl adjacent to an activating group) is 1. The minimum atomic E-state index is -0.371. The summed E-state index contributed by atoms with van der Waals surface area (Å²) in [5, 5.41) is 10.4. The Hall–Kier alpha value is -1.42. The molecule has 1 aromatic carbocycles. The van der Waals surface area contributed by atoms with E-state index < -0.39 is 0 Å². The fraction of sp³-hybridized carbons (Fsp3) is 0.455. The lowest BCUT2D eigenvalue weighted by Gasteiger charge is -2.23. The molecule has 0 saturated carbocycles. The van der Waals surface area contributed by atoms with E-state index in [2.05, 4.69) is 21.1 Å². The lowest BCUT2D eigenvalue weighted by molar-refractivity contribution is -0.870. The Kier molecular flexibility index (Phi) is 3.42. The Labute approximate surface area is 89.9 Å². The van der Waals surface area contributed by atoms with Crippen LogP contribution in [0.15, 0.2) is 24.3 Å². The number of rotatable bonds is 4. The molecule has 0 radical (unpaired) electrons. The Morgan fingerprint density at radius 2 is 1.73 bits per heavy atom. The molecule has 15 heavy (non-hydrogen) atoms. The van der Waals surface area contributed by atoms with Gasteiger partial charge in [0, 0.05) is 18.6 Å². The summed E-state index contributed by atoms with van der Waals surface area (Å²) >= 11 is 0. The van der Waals surface area contributed by atoms with Gasteiger partial charge in [-0.25, -0.2) is 0 Å². The summed E-state index contributed by atoms with van der Waals surface area (Å²) in [6, 6.07) is 6.78. The van der Waals surface area contributed by atoms with Crippen molar-refractivity contribution in [1.29, 1.82) is 0 Å². The highest BCUT2D eigenvalue weighted by Gasteiger charge is 2.08. The van der Waals surface area contributed by atoms with E-state index in [1.54, 1.807) is 12.1 Å². The third-order valence-electron chi connectivity index (χ3n) is 2.22. The van der Waals surface area contributed by atoms with Crippen LogP contribution in [-0.4, -0.2) is 37.1 Å². The fourth-order valence-electron chi connectivity index (χ4n) is 1.25. The first kappa shape index (κ1) is 11.7. The van der Waals surface area contributed by atoms with Crippen LogP contribution in [0.3, 0.4) is 0 Å². The molecule has 4 nitrogen and oxygen atoms in total. The van der Waals surface area contributed by atoms with Crippen LogP contribution >= 0.6 is 0 Å². The first-order valence-electron chi connectivity index (χ1n) is 4.92. The van der Waals surface area contributed by atoms with Crippen LogP contribution in [0, 0.1) is 10.1 Å². The van der Waals surface area contributed by atoms with Crippen molar-refractivity contribution in [2.24, 2.45) is 0 Å². The molecular weight excluding hydrogens is 192 g/mol. The second-order valence-electron chi connectivity index (χ2n) is 4.69. The summed E-state index contributed by atoms with van der Waals surface area (Å²) in [6.45, 7) is 1.03. The minimum absolute atomic E-state index is 0.156. The highest BCUT2D eigenvalue weighted by atomic mass is 16.6. The zero-order chi connectivity index (χ0) is 11.5. The van der Waals surface area contributed by atoms with Crippen molar-refractivity contribution in [3.63, 3.8) is 0 Å². The van der Waals surface area contributed by atoms with Crippen molar-refractivity contribution < 1.29 is 9.41 Å². The molecule has 0 saturated heterocycles. The van der Waals surface area contributed by atoms with Crippen molar-refractivity contribution in [3.05, 3.63) is 39.9 Å². The van der Waals surface area contributed by atoms with Crippen LogP contribution < -0.4 is 0 Å². The number of nitro benzene ring substituents is 1. The van der Waals surface area contributed by atoms with Gasteiger partial charge in [0.25, 0.3) is 5.69 Å². The standard InChI is InChI=1S/C11H17N2O2/c1-13(2,3)9-8-10-4-6-11(7-5-10)12(14)15/h4-7H,8-9H2,1-3H3/q+1. The van der Waals surface area contributed by atoms with Crippen molar-refractivity contribution in [3.8, 4) is 0 Å². The van der Waals surface area contributed by atoms with Crippen LogP contribution in [0.25, 0.3) is 0 Å². The second-order valence-corrected chi connectivity index (χ2v) is 4.69. The minimum Gasteiger partial charge on any atom is -0.331 e. The fourth-order valence-corrected chi connectivity index (χ4v) is 1.25. The van der Waals surface area contributed by atoms with Gasteiger partial charge >= 0.3 is 0 Å². The molecule has 1 rings (SSSR count). The predicted molar refractivity (Wildman–Crippen MR) is 59.7 cm³/mol. The highest BCUT2D eigenvalue weighted by Crippen LogP contribution is 2.12. The Bertz CT molecular complexity index is 339. The average molecular weight is 209 g/mol. The SMILES string of the molecule is C[N+](C)(C)CCc1ccc([N+](=O)[O-])cc1. The molecular formula is C11H17N2O2+. The van der Waals surface area contributed by atoms with E-state index in [1.165, 1.54) is 0 Å². The van der Waals surface area contributed by atoms with Crippen molar-refractivity contribution in [1.82, 2.24) is 0 Å². The summed E-state index contributed by atoms with van der Waals surface area (Å²) in [6.07, 6.45) is 0.946. The van der Waals surface area contributed by atoms with Gasteiger partial charge in [0.2, 0.25) is 0 Å². The summed E-state index contributed by atoms with van der Waals surface area (Å²) in [5.74, 6) is 0. The largest absolute Gasteiger partial charge is 0.331 e. The normalized spacial score (nSPS) is 11.4. The molecule has 1 aromatic rings. The number of benzene rings is 1. The summed E-state index contributed by atoms with van der Waals surface area (Å²) < 4.78 is 0.900. The third kappa shape index (κ3) is 4.08. The molecule has 0 fully saturated rings. The zero-order valence-corrected chi connectivity index (χ0v) is 9.43. The molecule has 0 atom stereocenters. The highest BCUT2D eigenvalue weighted by molar-refractivity contribution is 5.32. The molecule has 0 unspecified atom stereocenters. The molecule has 0 spiro atoms. The second kappa shape index (κ2) is 4.40. The van der Waals surface area contributed by atoms with Gasteiger partial charge in [-0.2, -0.15) is 0 Å². The molecule has 0 aliphatic carbocycles. The van der Waals surface area contributed by atoms with Crippen molar-refractivity contribution in [2.75, 3.05) is 27.7 Å². The lowest BCUT2D eigenvalue weighted by Crippen LogP contribution is -2.36. The molecule has 0 aliphatic rings. The lowest BCUT2D eigenvalue weighted by atomic mass is 10.1. The van der Waals surface area contributed by atoms with E-state index in [0.717, 1.165) is 23.0 Å². The number of hydrogen-bond acceptors (Lipinski definition) is 2. The molecule has 0 amide bonds. The maximum atomic E-state index is 10.4. The molecule has 0 aromatic heterocycles. The number of hydrogen-bond donors (Lipinski definition) is 0. The number of non-ortho nitro benzene ring substituents is 1. The Balaban J connectivity index is 2.61. The molecule has 0 N–H and O–H groups in total. The zero-order valence-electron chi connectivity index (χ0n) is 9.43. The smallest absolute Gasteiger partial charge is 0.269 e. The predicted octanol–water partition coefficient (Wildman–Crippen LogP) is 1.84. The van der Waals surface area contributed by atoms with Gasteiger partial charge in [-0.3, -0.25) is 10.1 Å². The molecule has 0 heterocycles. The molecule has 0 bridgehead atoms. The summed E-state index contributed by atoms with van der Waals surface area (Å²) in [5.41, 5.74) is 1.30. The molecule has 0 aliphatic heterocycles. The third-order valence-corrected chi connectivity index (χ3v) is 2.22. The van der Waals surface area contributed by atoms with Crippen LogP contribution in [0.2, 0.25) is 0 Å². The van der Waals surface area contributed by atoms with Gasteiger partial charge in [-0.15, -0.1) is 0 Å². The first-order chi connectivity index (χ1) is 6.88. The summed E-state index contributed by atoms with van der Waals surface area (Å²) in [4.78, 5) is 10.1. The van der Waals surface area contributed by atoms with Crippen LogP contribution in [0.1, 0.15) is 5.56 Å². The van der Waals surface area contributed by atoms with Gasteiger partial charge < -0.3 is 4.48 Å². The molecule has 82 valence electrons.